The summed E-state index contributed by atoms with van der Waals surface area (Å²) in [5.74, 6) is -1.27. The Morgan fingerprint density at radius 2 is 1.62 bits per heavy atom. The number of nitrogens with one attached hydrogen (secondary N) is 1. The van der Waals surface area contributed by atoms with Crippen molar-refractivity contribution >= 4 is 28.4 Å². The van der Waals surface area contributed by atoms with Crippen molar-refractivity contribution in [3.05, 3.63) is 102 Å². The van der Waals surface area contributed by atoms with Crippen molar-refractivity contribution in [3.63, 3.8) is 0 Å². The van der Waals surface area contributed by atoms with Gasteiger partial charge in [0.05, 0.1) is 18.2 Å². The van der Waals surface area contributed by atoms with Crippen molar-refractivity contribution < 1.29 is 14.0 Å². The van der Waals surface area contributed by atoms with E-state index in [0.717, 1.165) is 21.7 Å². The van der Waals surface area contributed by atoms with E-state index in [-0.39, 0.29) is 35.9 Å². The first kappa shape index (κ1) is 20.8. The lowest BCUT2D eigenvalue weighted by atomic mass is 9.83. The number of carbonyl (C=O) groups excluding carboxylic acids is 2. The summed E-state index contributed by atoms with van der Waals surface area (Å²) in [6.45, 7) is 2.66. The molecule has 1 N–H and O–H groups in total. The molecule has 2 aliphatic rings. The number of fused-ring (bicyclic) bond motifs is 3. The summed E-state index contributed by atoms with van der Waals surface area (Å²) in [5.41, 5.74) is 4.55. The molecule has 4 aromatic rings. The van der Waals surface area contributed by atoms with E-state index >= 15 is 0 Å². The predicted octanol–water partition coefficient (Wildman–Crippen LogP) is 5.15. The van der Waals surface area contributed by atoms with Crippen LogP contribution < -0.4 is 4.90 Å². The molecule has 5 nitrogen and oxygen atoms in total. The number of rotatable bonds is 3. The van der Waals surface area contributed by atoms with Gasteiger partial charge in [-0.15, -0.1) is 0 Å². The number of carbonyl (C=O) groups is 2. The first-order valence-electron chi connectivity index (χ1n) is 11.6. The van der Waals surface area contributed by atoms with Gasteiger partial charge in [0.2, 0.25) is 5.91 Å². The van der Waals surface area contributed by atoms with Crippen LogP contribution >= 0.6 is 0 Å². The summed E-state index contributed by atoms with van der Waals surface area (Å²) >= 11 is 0. The summed E-state index contributed by atoms with van der Waals surface area (Å²) in [7, 11) is 0. The molecule has 3 atom stereocenters. The molecule has 2 aliphatic heterocycles. The second-order valence-corrected chi connectivity index (χ2v) is 9.07. The molecule has 2 amide bonds. The Bertz CT molecular complexity index is 1410. The molecule has 0 radical (unpaired) electrons. The minimum Gasteiger partial charge on any atom is -0.357 e. The van der Waals surface area contributed by atoms with E-state index in [1.165, 1.54) is 23.1 Å². The van der Waals surface area contributed by atoms with Crippen molar-refractivity contribution in [1.29, 1.82) is 0 Å². The molecule has 6 rings (SSSR count). The number of amides is 2. The highest BCUT2D eigenvalue weighted by Gasteiger charge is 2.48. The van der Waals surface area contributed by atoms with Crippen LogP contribution in [0.25, 0.3) is 10.9 Å². The maximum absolute atomic E-state index is 14.5. The van der Waals surface area contributed by atoms with Crippen molar-refractivity contribution in [2.75, 3.05) is 11.4 Å². The van der Waals surface area contributed by atoms with Crippen LogP contribution in [0.5, 0.6) is 0 Å². The molecule has 1 saturated heterocycles. The van der Waals surface area contributed by atoms with E-state index in [1.807, 2.05) is 30.3 Å². The van der Waals surface area contributed by atoms with Crippen molar-refractivity contribution in [2.24, 2.45) is 0 Å². The standard InChI is InChI=1S/C28H24FN3O2/c1-17-27-26(19-11-5-7-13-22(19)30-27)20(18-9-3-2-4-10-18)16-31(17)24-15-25(33)32(28(24)34)23-14-8-6-12-21(23)29/h2-14,17,20,24,30H,15-16H2,1H3. The molecule has 170 valence electrons. The summed E-state index contributed by atoms with van der Waals surface area (Å²) in [6, 6.07) is 23.7. The fraction of sp³-hybridized carbons (Fsp3) is 0.214. The van der Waals surface area contributed by atoms with E-state index in [0.29, 0.717) is 6.54 Å². The Morgan fingerprint density at radius 1 is 0.912 bits per heavy atom. The van der Waals surface area contributed by atoms with Gasteiger partial charge in [0, 0.05) is 35.1 Å². The van der Waals surface area contributed by atoms with Gasteiger partial charge < -0.3 is 4.98 Å². The van der Waals surface area contributed by atoms with E-state index < -0.39 is 11.9 Å². The minimum atomic E-state index is -0.645. The zero-order valence-electron chi connectivity index (χ0n) is 18.7. The van der Waals surface area contributed by atoms with Crippen LogP contribution in [0.15, 0.2) is 78.9 Å². The molecule has 0 bridgehead atoms. The summed E-state index contributed by atoms with van der Waals surface area (Å²) in [5, 5.41) is 1.18. The predicted molar refractivity (Wildman–Crippen MR) is 129 cm³/mol. The number of halogens is 1. The fourth-order valence-electron chi connectivity index (χ4n) is 5.63. The van der Waals surface area contributed by atoms with Crippen molar-refractivity contribution in [2.45, 2.75) is 31.3 Å². The molecular weight excluding hydrogens is 429 g/mol. The van der Waals surface area contributed by atoms with Gasteiger partial charge in [0.15, 0.2) is 0 Å². The maximum Gasteiger partial charge on any atom is 0.251 e. The van der Waals surface area contributed by atoms with E-state index in [4.69, 9.17) is 0 Å². The fourth-order valence-corrected chi connectivity index (χ4v) is 5.63. The summed E-state index contributed by atoms with van der Waals surface area (Å²) in [4.78, 5) is 33.2. The first-order valence-corrected chi connectivity index (χ1v) is 11.6. The van der Waals surface area contributed by atoms with Crippen LogP contribution in [-0.4, -0.2) is 34.3 Å². The lowest BCUT2D eigenvalue weighted by Gasteiger charge is -2.40. The third-order valence-electron chi connectivity index (χ3n) is 7.25. The zero-order valence-corrected chi connectivity index (χ0v) is 18.7. The third-order valence-corrected chi connectivity index (χ3v) is 7.25. The Labute approximate surface area is 196 Å². The minimum absolute atomic E-state index is 0.0237. The van der Waals surface area contributed by atoms with E-state index in [9.17, 15) is 14.0 Å². The molecule has 0 saturated carbocycles. The van der Waals surface area contributed by atoms with Gasteiger partial charge in [-0.3, -0.25) is 14.5 Å². The molecule has 3 heterocycles. The number of benzene rings is 3. The van der Waals surface area contributed by atoms with E-state index in [2.05, 4.69) is 41.1 Å². The number of aromatic nitrogens is 1. The average Bonchev–Trinajstić information content (AvgIpc) is 3.38. The topological polar surface area (TPSA) is 56.4 Å². The third kappa shape index (κ3) is 3.10. The van der Waals surface area contributed by atoms with Gasteiger partial charge >= 0.3 is 0 Å². The quantitative estimate of drug-likeness (QED) is 0.437. The van der Waals surface area contributed by atoms with Crippen LogP contribution in [0.2, 0.25) is 0 Å². The van der Waals surface area contributed by atoms with Crippen LogP contribution in [0.3, 0.4) is 0 Å². The number of aromatic amines is 1. The zero-order chi connectivity index (χ0) is 23.4. The second-order valence-electron chi connectivity index (χ2n) is 9.07. The molecule has 1 aromatic heterocycles. The highest BCUT2D eigenvalue weighted by atomic mass is 19.1. The number of para-hydroxylation sites is 2. The Hall–Kier alpha value is -3.77. The van der Waals surface area contributed by atoms with Crippen LogP contribution in [0.4, 0.5) is 10.1 Å². The smallest absolute Gasteiger partial charge is 0.251 e. The Balaban J connectivity index is 1.44. The van der Waals surface area contributed by atoms with Gasteiger partial charge in [-0.2, -0.15) is 0 Å². The molecule has 34 heavy (non-hydrogen) atoms. The number of imide groups is 1. The van der Waals surface area contributed by atoms with Gasteiger partial charge in [0.1, 0.15) is 5.82 Å². The van der Waals surface area contributed by atoms with Gasteiger partial charge in [-0.05, 0) is 36.2 Å². The van der Waals surface area contributed by atoms with Gasteiger partial charge in [0.25, 0.3) is 5.91 Å². The number of anilines is 1. The number of hydrogen-bond donors (Lipinski definition) is 1. The van der Waals surface area contributed by atoms with Gasteiger partial charge in [-0.1, -0.05) is 60.7 Å². The van der Waals surface area contributed by atoms with Crippen molar-refractivity contribution in [1.82, 2.24) is 9.88 Å². The Kier molecular flexibility index (Phi) is 4.85. The normalized spacial score (nSPS) is 23.0. The summed E-state index contributed by atoms with van der Waals surface area (Å²) in [6.07, 6.45) is 0.0363. The van der Waals surface area contributed by atoms with E-state index in [1.54, 1.807) is 12.1 Å². The molecular formula is C28H24FN3O2. The van der Waals surface area contributed by atoms with Crippen LogP contribution in [0.1, 0.15) is 42.1 Å². The summed E-state index contributed by atoms with van der Waals surface area (Å²) < 4.78 is 14.5. The Morgan fingerprint density at radius 3 is 2.41 bits per heavy atom. The molecule has 0 spiro atoms. The van der Waals surface area contributed by atoms with Gasteiger partial charge in [-0.25, -0.2) is 9.29 Å². The second kappa shape index (κ2) is 7.92. The molecule has 1 fully saturated rings. The lowest BCUT2D eigenvalue weighted by Crippen LogP contribution is -2.47. The number of nitrogens with zero attached hydrogens (tertiary/aromatic N) is 2. The number of H-pyrrole nitrogens is 1. The molecule has 3 aromatic carbocycles. The molecule has 3 unspecified atom stereocenters. The number of hydrogen-bond acceptors (Lipinski definition) is 3. The monoisotopic (exact) mass is 453 g/mol. The van der Waals surface area contributed by atoms with Crippen molar-refractivity contribution in [3.8, 4) is 0 Å². The highest BCUT2D eigenvalue weighted by Crippen LogP contribution is 2.45. The lowest BCUT2D eigenvalue weighted by molar-refractivity contribution is -0.123. The van der Waals surface area contributed by atoms with Crippen LogP contribution in [-0.2, 0) is 9.59 Å². The highest BCUT2D eigenvalue weighted by molar-refractivity contribution is 6.22. The molecule has 0 aliphatic carbocycles. The SMILES string of the molecule is CC1c2[nH]c3ccccc3c2C(c2ccccc2)CN1C1CC(=O)N(c2ccccc2F)C1=O. The first-order chi connectivity index (χ1) is 16.5. The van der Waals surface area contributed by atoms with Crippen LogP contribution in [0, 0.1) is 5.82 Å². The molecule has 6 heteroatoms. The largest absolute Gasteiger partial charge is 0.357 e. The average molecular weight is 454 g/mol. The maximum atomic E-state index is 14.5.